The van der Waals surface area contributed by atoms with Crippen LogP contribution in [0, 0.1) is 0 Å². The summed E-state index contributed by atoms with van der Waals surface area (Å²) in [7, 11) is 0. The third kappa shape index (κ3) is 3.32. The van der Waals surface area contributed by atoms with Gasteiger partial charge in [0.05, 0.1) is 22.3 Å². The van der Waals surface area contributed by atoms with Gasteiger partial charge >= 0.3 is 0 Å². The Morgan fingerprint density at radius 1 is 1.30 bits per heavy atom. The van der Waals surface area contributed by atoms with Gasteiger partial charge in [0, 0.05) is 0 Å². The molecule has 1 amide bonds. The van der Waals surface area contributed by atoms with Crippen molar-refractivity contribution in [3.63, 3.8) is 0 Å². The third-order valence-corrected chi connectivity index (χ3v) is 4.56. The highest BCUT2D eigenvalue weighted by Crippen LogP contribution is 2.16. The maximum atomic E-state index is 12.3. The monoisotopic (exact) mass is 327 g/mol. The SMILES string of the molecule is CC[C@H](NC(=O)Cn1ncc2sccc2c1=O)c1ccccc1. The van der Waals surface area contributed by atoms with Crippen LogP contribution in [0.2, 0.25) is 0 Å². The van der Waals surface area contributed by atoms with E-state index in [9.17, 15) is 9.59 Å². The molecule has 1 atom stereocenters. The van der Waals surface area contributed by atoms with Crippen molar-refractivity contribution in [1.29, 1.82) is 0 Å². The van der Waals surface area contributed by atoms with Crippen LogP contribution in [0.3, 0.4) is 0 Å². The zero-order valence-electron chi connectivity index (χ0n) is 12.7. The van der Waals surface area contributed by atoms with Crippen LogP contribution in [0.1, 0.15) is 24.9 Å². The Morgan fingerprint density at radius 2 is 2.09 bits per heavy atom. The predicted octanol–water partition coefficient (Wildman–Crippen LogP) is 2.73. The Balaban J connectivity index is 1.75. The van der Waals surface area contributed by atoms with Gasteiger partial charge in [-0.15, -0.1) is 11.3 Å². The van der Waals surface area contributed by atoms with Crippen LogP contribution in [-0.2, 0) is 11.3 Å². The Morgan fingerprint density at radius 3 is 2.83 bits per heavy atom. The lowest BCUT2D eigenvalue weighted by Crippen LogP contribution is -2.35. The fraction of sp³-hybridized carbons (Fsp3) is 0.235. The van der Waals surface area contributed by atoms with Crippen LogP contribution in [-0.4, -0.2) is 15.7 Å². The molecule has 0 aliphatic heterocycles. The molecule has 0 unspecified atom stereocenters. The number of nitrogens with zero attached hydrogens (tertiary/aromatic N) is 2. The molecule has 0 radical (unpaired) electrons. The van der Waals surface area contributed by atoms with Gasteiger partial charge in [-0.1, -0.05) is 37.3 Å². The first-order chi connectivity index (χ1) is 11.2. The second kappa shape index (κ2) is 6.75. The number of carbonyl (C=O) groups excluding carboxylic acids is 1. The first-order valence-electron chi connectivity index (χ1n) is 7.46. The number of benzene rings is 1. The first-order valence-corrected chi connectivity index (χ1v) is 8.34. The zero-order valence-corrected chi connectivity index (χ0v) is 13.5. The standard InChI is InChI=1S/C17H17N3O2S/c1-2-14(12-6-4-3-5-7-12)19-16(21)11-20-17(22)13-8-9-23-15(13)10-18-20/h3-10,14H,2,11H2,1H3,(H,19,21)/t14-/m0/s1. The van der Waals surface area contributed by atoms with Crippen LogP contribution in [0.15, 0.2) is 52.8 Å². The number of hydrogen-bond acceptors (Lipinski definition) is 4. The Hall–Kier alpha value is -2.47. The smallest absolute Gasteiger partial charge is 0.275 e. The van der Waals surface area contributed by atoms with Crippen LogP contribution in [0.5, 0.6) is 0 Å². The van der Waals surface area contributed by atoms with Crippen molar-refractivity contribution < 1.29 is 4.79 Å². The molecule has 2 aromatic heterocycles. The maximum absolute atomic E-state index is 12.3. The molecular formula is C17H17N3O2S. The first kappa shape index (κ1) is 15.4. The summed E-state index contributed by atoms with van der Waals surface area (Å²) in [5.41, 5.74) is 0.823. The van der Waals surface area contributed by atoms with Crippen molar-refractivity contribution in [1.82, 2.24) is 15.1 Å². The van der Waals surface area contributed by atoms with Gasteiger partial charge in [-0.3, -0.25) is 9.59 Å². The van der Waals surface area contributed by atoms with E-state index in [0.29, 0.717) is 5.39 Å². The number of hydrogen-bond donors (Lipinski definition) is 1. The van der Waals surface area contributed by atoms with E-state index in [4.69, 9.17) is 0 Å². The zero-order chi connectivity index (χ0) is 16.2. The number of fused-ring (bicyclic) bond motifs is 1. The van der Waals surface area contributed by atoms with Gasteiger partial charge < -0.3 is 5.32 Å². The molecule has 0 aliphatic carbocycles. The van der Waals surface area contributed by atoms with E-state index in [1.807, 2.05) is 42.6 Å². The summed E-state index contributed by atoms with van der Waals surface area (Å²) in [4.78, 5) is 24.6. The van der Waals surface area contributed by atoms with Gasteiger partial charge in [0.2, 0.25) is 5.91 Å². The van der Waals surface area contributed by atoms with E-state index >= 15 is 0 Å². The number of carbonyl (C=O) groups is 1. The lowest BCUT2D eigenvalue weighted by molar-refractivity contribution is -0.122. The van der Waals surface area contributed by atoms with E-state index in [2.05, 4.69) is 10.4 Å². The minimum Gasteiger partial charge on any atom is -0.348 e. The highest BCUT2D eigenvalue weighted by Gasteiger charge is 2.14. The molecule has 1 N–H and O–H groups in total. The summed E-state index contributed by atoms with van der Waals surface area (Å²) in [6.07, 6.45) is 2.41. The lowest BCUT2D eigenvalue weighted by atomic mass is 10.0. The Bertz CT molecular complexity index is 870. The van der Waals surface area contributed by atoms with Gasteiger partial charge in [0.25, 0.3) is 5.56 Å². The summed E-state index contributed by atoms with van der Waals surface area (Å²) >= 11 is 1.46. The van der Waals surface area contributed by atoms with E-state index in [1.165, 1.54) is 16.0 Å². The number of rotatable bonds is 5. The molecule has 0 fully saturated rings. The lowest BCUT2D eigenvalue weighted by Gasteiger charge is -2.17. The van der Waals surface area contributed by atoms with Crippen molar-refractivity contribution >= 4 is 27.3 Å². The molecule has 0 saturated carbocycles. The average Bonchev–Trinajstić information content (AvgIpc) is 3.05. The van der Waals surface area contributed by atoms with Crippen molar-refractivity contribution in [2.75, 3.05) is 0 Å². The molecule has 3 aromatic rings. The van der Waals surface area contributed by atoms with E-state index in [0.717, 1.165) is 16.7 Å². The fourth-order valence-electron chi connectivity index (χ4n) is 2.51. The van der Waals surface area contributed by atoms with Gasteiger partial charge in [-0.05, 0) is 23.4 Å². The van der Waals surface area contributed by atoms with E-state index in [1.54, 1.807) is 12.3 Å². The van der Waals surface area contributed by atoms with Gasteiger partial charge in [0.1, 0.15) is 6.54 Å². The summed E-state index contributed by atoms with van der Waals surface area (Å²) in [5, 5.41) is 9.50. The molecule has 5 nitrogen and oxygen atoms in total. The predicted molar refractivity (Wildman–Crippen MR) is 91.5 cm³/mol. The van der Waals surface area contributed by atoms with Crippen molar-refractivity contribution in [2.24, 2.45) is 0 Å². The molecule has 2 heterocycles. The molecule has 118 valence electrons. The second-order valence-corrected chi connectivity index (χ2v) is 6.19. The van der Waals surface area contributed by atoms with Crippen molar-refractivity contribution in [2.45, 2.75) is 25.9 Å². The quantitative estimate of drug-likeness (QED) is 0.784. The topological polar surface area (TPSA) is 64.0 Å². The van der Waals surface area contributed by atoms with Crippen molar-refractivity contribution in [3.8, 4) is 0 Å². The van der Waals surface area contributed by atoms with E-state index in [-0.39, 0.29) is 24.1 Å². The second-order valence-electron chi connectivity index (χ2n) is 5.24. The summed E-state index contributed by atoms with van der Waals surface area (Å²) < 4.78 is 2.05. The average molecular weight is 327 g/mol. The largest absolute Gasteiger partial charge is 0.348 e. The van der Waals surface area contributed by atoms with Gasteiger partial charge in [-0.25, -0.2) is 4.68 Å². The Kier molecular flexibility index (Phi) is 4.52. The summed E-state index contributed by atoms with van der Waals surface area (Å²) in [6, 6.07) is 11.5. The van der Waals surface area contributed by atoms with Crippen molar-refractivity contribution in [3.05, 3.63) is 63.9 Å². The minimum atomic E-state index is -0.230. The molecule has 3 rings (SSSR count). The highest BCUT2D eigenvalue weighted by atomic mass is 32.1. The maximum Gasteiger partial charge on any atom is 0.275 e. The van der Waals surface area contributed by atoms with Gasteiger partial charge in [-0.2, -0.15) is 5.10 Å². The number of aromatic nitrogens is 2. The normalized spacial score (nSPS) is 12.2. The fourth-order valence-corrected chi connectivity index (χ4v) is 3.25. The van der Waals surface area contributed by atoms with Gasteiger partial charge in [0.15, 0.2) is 0 Å². The van der Waals surface area contributed by atoms with E-state index < -0.39 is 0 Å². The molecule has 23 heavy (non-hydrogen) atoms. The molecule has 0 bridgehead atoms. The Labute approximate surface area is 137 Å². The van der Waals surface area contributed by atoms with Crippen LogP contribution >= 0.6 is 11.3 Å². The molecule has 0 saturated heterocycles. The number of nitrogens with one attached hydrogen (secondary N) is 1. The van der Waals surface area contributed by atoms with Crippen LogP contribution in [0.4, 0.5) is 0 Å². The summed E-state index contributed by atoms with van der Waals surface area (Å²) in [6.45, 7) is 1.94. The highest BCUT2D eigenvalue weighted by molar-refractivity contribution is 7.17. The van der Waals surface area contributed by atoms with Crippen LogP contribution in [0.25, 0.3) is 10.1 Å². The van der Waals surface area contributed by atoms with Crippen LogP contribution < -0.4 is 10.9 Å². The third-order valence-electron chi connectivity index (χ3n) is 3.71. The molecule has 1 aromatic carbocycles. The minimum absolute atomic E-state index is 0.0655. The molecular weight excluding hydrogens is 310 g/mol. The summed E-state index contributed by atoms with van der Waals surface area (Å²) in [5.74, 6) is -0.218. The number of thiophene rings is 1. The number of amides is 1. The molecule has 0 aliphatic rings. The molecule has 0 spiro atoms. The molecule has 6 heteroatoms.